The Kier molecular flexibility index (Phi) is 4.09. The summed E-state index contributed by atoms with van der Waals surface area (Å²) in [6.07, 6.45) is 0.940. The van der Waals surface area contributed by atoms with Gasteiger partial charge in [0.1, 0.15) is 6.54 Å². The van der Waals surface area contributed by atoms with Crippen LogP contribution in [0, 0.1) is 0 Å². The van der Waals surface area contributed by atoms with Crippen LogP contribution in [0.25, 0.3) is 0 Å². The van der Waals surface area contributed by atoms with Crippen LogP contribution in [-0.2, 0) is 17.8 Å². The van der Waals surface area contributed by atoms with Crippen LogP contribution in [0.2, 0.25) is 0 Å². The van der Waals surface area contributed by atoms with E-state index in [4.69, 9.17) is 9.47 Å². The highest BCUT2D eigenvalue weighted by Crippen LogP contribution is 2.32. The zero-order valence-corrected chi connectivity index (χ0v) is 14.6. The summed E-state index contributed by atoms with van der Waals surface area (Å²) in [6.45, 7) is 3.83. The van der Waals surface area contributed by atoms with Crippen molar-refractivity contribution in [3.8, 4) is 11.5 Å². The molecule has 2 aromatic carbocycles. The van der Waals surface area contributed by atoms with E-state index in [-0.39, 0.29) is 18.7 Å². The topological polar surface area (TPSA) is 43.2 Å². The van der Waals surface area contributed by atoms with Gasteiger partial charge in [-0.05, 0) is 43.2 Å². The summed E-state index contributed by atoms with van der Waals surface area (Å²) in [5.41, 5.74) is 3.47. The molecule has 4 rings (SSSR count). The van der Waals surface area contributed by atoms with E-state index >= 15 is 0 Å². The summed E-state index contributed by atoms with van der Waals surface area (Å²) in [5.74, 6) is 1.76. The summed E-state index contributed by atoms with van der Waals surface area (Å²) in [7, 11) is 2.06. The third-order valence-corrected chi connectivity index (χ3v) is 5.18. The average Bonchev–Trinajstić information content (AvgIpc) is 3.26. The van der Waals surface area contributed by atoms with Crippen LogP contribution >= 0.6 is 0 Å². The fourth-order valence-corrected chi connectivity index (χ4v) is 3.54. The quantitative estimate of drug-likeness (QED) is 0.916. The lowest BCUT2D eigenvalue weighted by Gasteiger charge is -2.26. The van der Waals surface area contributed by atoms with Crippen LogP contribution < -0.4 is 19.3 Å². The first kappa shape index (κ1) is 16.0. The van der Waals surface area contributed by atoms with Gasteiger partial charge in [0.2, 0.25) is 6.79 Å². The van der Waals surface area contributed by atoms with E-state index in [9.17, 15) is 4.79 Å². The smallest absolute Gasteiger partial charge is 0.284 e. The molecule has 5 nitrogen and oxygen atoms in total. The average molecular weight is 339 g/mol. The van der Waals surface area contributed by atoms with Crippen LogP contribution in [-0.4, -0.2) is 32.3 Å². The van der Waals surface area contributed by atoms with Gasteiger partial charge < -0.3 is 19.3 Å². The predicted octanol–water partition coefficient (Wildman–Crippen LogP) is 1.41. The van der Waals surface area contributed by atoms with E-state index in [0.29, 0.717) is 0 Å². The Morgan fingerprint density at radius 2 is 2.00 bits per heavy atom. The number of nitrogens with one attached hydrogen (secondary N) is 1. The number of amides is 1. The second-order valence-corrected chi connectivity index (χ2v) is 6.80. The van der Waals surface area contributed by atoms with Gasteiger partial charge in [0, 0.05) is 17.8 Å². The van der Waals surface area contributed by atoms with Gasteiger partial charge in [-0.25, -0.2) is 0 Å². The van der Waals surface area contributed by atoms with Gasteiger partial charge in [0.25, 0.3) is 5.91 Å². The number of carbonyl (C=O) groups is 1. The summed E-state index contributed by atoms with van der Waals surface area (Å²) >= 11 is 0. The maximum absolute atomic E-state index is 13.0. The van der Waals surface area contributed by atoms with Crippen molar-refractivity contribution in [2.24, 2.45) is 0 Å². The predicted molar refractivity (Wildman–Crippen MR) is 95.1 cm³/mol. The highest BCUT2D eigenvalue weighted by atomic mass is 16.7. The SMILES string of the molecule is C[C@H](C(=O)N1CCc2ccccc21)[NH+](C)Cc1ccc2c(c1)OCO2. The maximum Gasteiger partial charge on any atom is 0.284 e. The van der Waals surface area contributed by atoms with E-state index in [1.807, 2.05) is 48.2 Å². The number of benzene rings is 2. The highest BCUT2D eigenvalue weighted by Gasteiger charge is 2.32. The Bertz CT molecular complexity index is 805. The van der Waals surface area contributed by atoms with Gasteiger partial charge in [0.15, 0.2) is 17.5 Å². The summed E-state index contributed by atoms with van der Waals surface area (Å²) in [6, 6.07) is 14.1. The van der Waals surface area contributed by atoms with E-state index in [0.717, 1.165) is 47.2 Å². The van der Waals surface area contributed by atoms with Crippen molar-refractivity contribution >= 4 is 11.6 Å². The number of ether oxygens (including phenoxy) is 2. The summed E-state index contributed by atoms with van der Waals surface area (Å²) < 4.78 is 10.8. The van der Waals surface area contributed by atoms with Crippen LogP contribution in [0.3, 0.4) is 0 Å². The van der Waals surface area contributed by atoms with Crippen molar-refractivity contribution in [2.75, 3.05) is 25.3 Å². The first-order valence-electron chi connectivity index (χ1n) is 8.73. The molecule has 0 saturated carbocycles. The van der Waals surface area contributed by atoms with Crippen LogP contribution in [0.4, 0.5) is 5.69 Å². The number of para-hydroxylation sites is 1. The molecule has 0 radical (unpaired) electrons. The number of carbonyl (C=O) groups excluding carboxylic acids is 1. The highest BCUT2D eigenvalue weighted by molar-refractivity contribution is 5.97. The second kappa shape index (κ2) is 6.41. The lowest BCUT2D eigenvalue weighted by molar-refractivity contribution is -0.908. The summed E-state index contributed by atoms with van der Waals surface area (Å²) in [4.78, 5) is 16.1. The molecule has 1 amide bonds. The maximum atomic E-state index is 13.0. The molecule has 2 aromatic rings. The van der Waals surface area contributed by atoms with Gasteiger partial charge in [-0.15, -0.1) is 0 Å². The minimum Gasteiger partial charge on any atom is -0.454 e. The molecule has 130 valence electrons. The van der Waals surface area contributed by atoms with Gasteiger partial charge in [-0.2, -0.15) is 0 Å². The summed E-state index contributed by atoms with van der Waals surface area (Å²) in [5, 5.41) is 0. The zero-order chi connectivity index (χ0) is 17.4. The monoisotopic (exact) mass is 339 g/mol. The number of hydrogen-bond acceptors (Lipinski definition) is 3. The Balaban J connectivity index is 1.45. The molecule has 25 heavy (non-hydrogen) atoms. The third-order valence-electron chi connectivity index (χ3n) is 5.18. The van der Waals surface area contributed by atoms with Gasteiger partial charge in [-0.3, -0.25) is 4.79 Å². The number of fused-ring (bicyclic) bond motifs is 2. The molecule has 2 heterocycles. The minimum absolute atomic E-state index is 0.114. The van der Waals surface area contributed by atoms with Crippen molar-refractivity contribution in [3.05, 3.63) is 53.6 Å². The molecule has 0 saturated heterocycles. The molecule has 0 aliphatic carbocycles. The molecule has 0 bridgehead atoms. The molecule has 1 N–H and O–H groups in total. The van der Waals surface area contributed by atoms with E-state index in [2.05, 4.69) is 13.1 Å². The molecule has 2 atom stereocenters. The van der Waals surface area contributed by atoms with E-state index in [1.165, 1.54) is 5.56 Å². The molecular weight excluding hydrogens is 316 g/mol. The molecule has 0 fully saturated rings. The van der Waals surface area contributed by atoms with Crippen molar-refractivity contribution in [2.45, 2.75) is 25.9 Å². The molecule has 0 aromatic heterocycles. The minimum atomic E-state index is -0.114. The molecule has 2 aliphatic rings. The number of likely N-dealkylation sites (N-methyl/N-ethyl adjacent to an activating group) is 1. The van der Waals surface area contributed by atoms with Crippen molar-refractivity contribution in [1.82, 2.24) is 0 Å². The number of nitrogens with zero attached hydrogens (tertiary/aromatic N) is 1. The lowest BCUT2D eigenvalue weighted by Crippen LogP contribution is -3.12. The first-order valence-corrected chi connectivity index (χ1v) is 8.73. The largest absolute Gasteiger partial charge is 0.454 e. The molecular formula is C20H23N2O3+. The van der Waals surface area contributed by atoms with Crippen molar-refractivity contribution in [1.29, 1.82) is 0 Å². The zero-order valence-electron chi connectivity index (χ0n) is 14.6. The Morgan fingerprint density at radius 1 is 1.20 bits per heavy atom. The van der Waals surface area contributed by atoms with Gasteiger partial charge >= 0.3 is 0 Å². The van der Waals surface area contributed by atoms with E-state index < -0.39 is 0 Å². The Labute approximate surface area is 147 Å². The van der Waals surface area contributed by atoms with Crippen LogP contribution in [0.5, 0.6) is 11.5 Å². The molecule has 0 spiro atoms. The van der Waals surface area contributed by atoms with Crippen molar-refractivity contribution in [3.63, 3.8) is 0 Å². The van der Waals surface area contributed by atoms with Gasteiger partial charge in [-0.1, -0.05) is 18.2 Å². The normalized spacial score (nSPS) is 17.3. The third kappa shape index (κ3) is 2.96. The number of hydrogen-bond donors (Lipinski definition) is 1. The van der Waals surface area contributed by atoms with Crippen LogP contribution in [0.15, 0.2) is 42.5 Å². The fraction of sp³-hybridized carbons (Fsp3) is 0.350. The van der Waals surface area contributed by atoms with Gasteiger partial charge in [0.05, 0.1) is 7.05 Å². The number of anilines is 1. The lowest BCUT2D eigenvalue weighted by atomic mass is 10.1. The fourth-order valence-electron chi connectivity index (χ4n) is 3.54. The van der Waals surface area contributed by atoms with Crippen molar-refractivity contribution < 1.29 is 19.2 Å². The molecule has 1 unspecified atom stereocenters. The number of rotatable bonds is 4. The molecule has 5 heteroatoms. The Morgan fingerprint density at radius 3 is 2.88 bits per heavy atom. The van der Waals surface area contributed by atoms with Crippen LogP contribution in [0.1, 0.15) is 18.1 Å². The van der Waals surface area contributed by atoms with E-state index in [1.54, 1.807) is 0 Å². The first-order chi connectivity index (χ1) is 12.1. The molecule has 2 aliphatic heterocycles. The number of quaternary nitrogens is 1. The standard InChI is InChI=1S/C20H22N2O3/c1-14(20(23)22-10-9-16-5-3-4-6-17(16)22)21(2)12-15-7-8-18-19(11-15)25-13-24-18/h3-8,11,14H,9-10,12-13H2,1-2H3/p+1/t14-/m1/s1. The second-order valence-electron chi connectivity index (χ2n) is 6.80. The Hall–Kier alpha value is -2.53.